The number of rotatable bonds is 7. The molecule has 0 saturated heterocycles. The van der Waals surface area contributed by atoms with Gasteiger partial charge < -0.3 is 10.2 Å². The van der Waals surface area contributed by atoms with Gasteiger partial charge in [-0.2, -0.15) is 0 Å². The molecule has 0 aliphatic heterocycles. The monoisotopic (exact) mass is 363 g/mol. The molecule has 0 bridgehead atoms. The number of carbonyl (C=O) groups excluding carboxylic acids is 2. The SMILES string of the molecule is CC(C)C(Sc1nnc(C2CC2)n1Cc1ccco1)C(=O)NC(N)=O. The molecule has 3 rings (SSSR count). The number of nitrogens with zero attached hydrogens (tertiary/aromatic N) is 3. The minimum atomic E-state index is -0.855. The summed E-state index contributed by atoms with van der Waals surface area (Å²) in [7, 11) is 0. The Kier molecular flexibility index (Phi) is 5.12. The molecule has 9 heteroatoms. The lowest BCUT2D eigenvalue weighted by Crippen LogP contribution is -2.42. The zero-order valence-corrected chi connectivity index (χ0v) is 15.0. The van der Waals surface area contributed by atoms with Crippen molar-refractivity contribution in [3.8, 4) is 0 Å². The molecule has 3 N–H and O–H groups in total. The molecule has 2 aromatic rings. The molecule has 0 radical (unpaired) electrons. The first-order valence-electron chi connectivity index (χ1n) is 8.18. The van der Waals surface area contributed by atoms with Crippen LogP contribution >= 0.6 is 11.8 Å². The first kappa shape index (κ1) is 17.5. The molecule has 0 spiro atoms. The molecule has 2 aromatic heterocycles. The number of aromatic nitrogens is 3. The van der Waals surface area contributed by atoms with Gasteiger partial charge in [-0.3, -0.25) is 14.7 Å². The van der Waals surface area contributed by atoms with Crippen LogP contribution in [0.2, 0.25) is 0 Å². The Labute approximate surface area is 149 Å². The summed E-state index contributed by atoms with van der Waals surface area (Å²) in [6, 6.07) is 2.87. The van der Waals surface area contributed by atoms with Crippen molar-refractivity contribution in [3.05, 3.63) is 30.0 Å². The number of thioether (sulfide) groups is 1. The van der Waals surface area contributed by atoms with Gasteiger partial charge in [-0.1, -0.05) is 25.6 Å². The fraction of sp³-hybridized carbons (Fsp3) is 0.500. The van der Waals surface area contributed by atoms with E-state index in [-0.39, 0.29) is 5.92 Å². The van der Waals surface area contributed by atoms with E-state index in [9.17, 15) is 9.59 Å². The Morgan fingerprint density at radius 1 is 1.44 bits per heavy atom. The van der Waals surface area contributed by atoms with Crippen LogP contribution in [0.25, 0.3) is 0 Å². The molecule has 1 unspecified atom stereocenters. The maximum atomic E-state index is 12.3. The predicted octanol–water partition coefficient (Wildman–Crippen LogP) is 2.11. The second-order valence-corrected chi connectivity index (χ2v) is 7.53. The first-order chi connectivity index (χ1) is 12.0. The predicted molar refractivity (Wildman–Crippen MR) is 92.0 cm³/mol. The average Bonchev–Trinajstić information content (AvgIpc) is 3.10. The lowest BCUT2D eigenvalue weighted by molar-refractivity contribution is -0.120. The summed E-state index contributed by atoms with van der Waals surface area (Å²) in [5.41, 5.74) is 5.07. The molecule has 1 fully saturated rings. The lowest BCUT2D eigenvalue weighted by Gasteiger charge is -2.18. The van der Waals surface area contributed by atoms with E-state index in [1.165, 1.54) is 11.8 Å². The number of hydrogen-bond donors (Lipinski definition) is 2. The van der Waals surface area contributed by atoms with Crippen molar-refractivity contribution >= 4 is 23.7 Å². The quantitative estimate of drug-likeness (QED) is 0.728. The molecule has 8 nitrogen and oxygen atoms in total. The van der Waals surface area contributed by atoms with E-state index in [2.05, 4.69) is 15.5 Å². The van der Waals surface area contributed by atoms with Gasteiger partial charge in [0.1, 0.15) is 11.6 Å². The van der Waals surface area contributed by atoms with E-state index in [0.717, 1.165) is 24.4 Å². The van der Waals surface area contributed by atoms with Crippen molar-refractivity contribution in [2.45, 2.75) is 49.6 Å². The largest absolute Gasteiger partial charge is 0.467 e. The number of primary amides is 1. The topological polar surface area (TPSA) is 116 Å². The zero-order valence-electron chi connectivity index (χ0n) is 14.1. The number of carbonyl (C=O) groups is 2. The number of imide groups is 1. The Balaban J connectivity index is 1.85. The number of urea groups is 1. The van der Waals surface area contributed by atoms with Crippen LogP contribution in [0, 0.1) is 5.92 Å². The van der Waals surface area contributed by atoms with Gasteiger partial charge in [-0.25, -0.2) is 4.79 Å². The Hall–Kier alpha value is -2.29. The smallest absolute Gasteiger partial charge is 0.318 e. The van der Waals surface area contributed by atoms with Crippen LogP contribution in [0.15, 0.2) is 28.0 Å². The van der Waals surface area contributed by atoms with Gasteiger partial charge in [0.15, 0.2) is 5.16 Å². The summed E-state index contributed by atoms with van der Waals surface area (Å²) < 4.78 is 7.44. The summed E-state index contributed by atoms with van der Waals surface area (Å²) in [6.45, 7) is 4.33. The van der Waals surface area contributed by atoms with Gasteiger partial charge in [0, 0.05) is 5.92 Å². The maximum absolute atomic E-state index is 12.3. The third-order valence-electron chi connectivity index (χ3n) is 3.92. The number of nitrogens with two attached hydrogens (primary N) is 1. The van der Waals surface area contributed by atoms with Crippen LogP contribution in [0.3, 0.4) is 0 Å². The second kappa shape index (κ2) is 7.30. The van der Waals surface area contributed by atoms with E-state index in [4.69, 9.17) is 10.2 Å². The first-order valence-corrected chi connectivity index (χ1v) is 9.06. The van der Waals surface area contributed by atoms with Crippen LogP contribution in [0.5, 0.6) is 0 Å². The summed E-state index contributed by atoms with van der Waals surface area (Å²) in [6.07, 6.45) is 3.81. The number of hydrogen-bond acceptors (Lipinski definition) is 6. The minimum Gasteiger partial charge on any atom is -0.467 e. The Bertz CT molecular complexity index is 752. The molecule has 1 aliphatic rings. The van der Waals surface area contributed by atoms with E-state index in [0.29, 0.717) is 17.6 Å². The maximum Gasteiger partial charge on any atom is 0.318 e. The van der Waals surface area contributed by atoms with Crippen molar-refractivity contribution in [2.75, 3.05) is 0 Å². The minimum absolute atomic E-state index is 0.0116. The van der Waals surface area contributed by atoms with Crippen LogP contribution in [-0.2, 0) is 11.3 Å². The fourth-order valence-electron chi connectivity index (χ4n) is 2.54. The molecule has 3 amide bonds. The average molecular weight is 363 g/mol. The van der Waals surface area contributed by atoms with E-state index < -0.39 is 17.2 Å². The lowest BCUT2D eigenvalue weighted by atomic mass is 10.1. The number of furan rings is 1. The Morgan fingerprint density at radius 2 is 2.20 bits per heavy atom. The number of amides is 3. The van der Waals surface area contributed by atoms with Gasteiger partial charge in [0.25, 0.3) is 0 Å². The van der Waals surface area contributed by atoms with E-state index in [1.54, 1.807) is 6.26 Å². The van der Waals surface area contributed by atoms with E-state index in [1.807, 2.05) is 30.5 Å². The van der Waals surface area contributed by atoms with Gasteiger partial charge in [-0.15, -0.1) is 10.2 Å². The normalized spacial score (nSPS) is 15.3. The van der Waals surface area contributed by atoms with Crippen LogP contribution in [0.4, 0.5) is 4.79 Å². The molecule has 0 aromatic carbocycles. The molecule has 1 atom stereocenters. The third-order valence-corrected chi connectivity index (χ3v) is 5.45. The number of nitrogens with one attached hydrogen (secondary N) is 1. The van der Waals surface area contributed by atoms with Crippen molar-refractivity contribution in [1.29, 1.82) is 0 Å². The van der Waals surface area contributed by atoms with Crippen molar-refractivity contribution in [2.24, 2.45) is 11.7 Å². The van der Waals surface area contributed by atoms with Crippen LogP contribution in [-0.4, -0.2) is 32.0 Å². The molecule has 1 aliphatic carbocycles. The highest BCUT2D eigenvalue weighted by molar-refractivity contribution is 8.00. The van der Waals surface area contributed by atoms with Crippen LogP contribution in [0.1, 0.15) is 44.2 Å². The summed E-state index contributed by atoms with van der Waals surface area (Å²) in [4.78, 5) is 23.3. The third kappa shape index (κ3) is 4.22. The fourth-order valence-corrected chi connectivity index (χ4v) is 3.57. The summed E-state index contributed by atoms with van der Waals surface area (Å²) in [5.74, 6) is 1.69. The molecular formula is C16H21N5O3S. The highest BCUT2D eigenvalue weighted by Crippen LogP contribution is 2.41. The Morgan fingerprint density at radius 3 is 2.76 bits per heavy atom. The highest BCUT2D eigenvalue weighted by atomic mass is 32.2. The molecule has 2 heterocycles. The van der Waals surface area contributed by atoms with Gasteiger partial charge in [0.2, 0.25) is 5.91 Å². The standard InChI is InChI=1S/C16H21N5O3S/c1-9(2)12(14(22)18-15(17)23)25-16-20-19-13(10-5-6-10)21(16)8-11-4-3-7-24-11/h3-4,7,9-10,12H,5-6,8H2,1-2H3,(H3,17,18,22,23). The second-order valence-electron chi connectivity index (χ2n) is 6.42. The summed E-state index contributed by atoms with van der Waals surface area (Å²) in [5, 5.41) is 10.9. The molecular weight excluding hydrogens is 342 g/mol. The van der Waals surface area contributed by atoms with Gasteiger partial charge >= 0.3 is 6.03 Å². The molecule has 1 saturated carbocycles. The summed E-state index contributed by atoms with van der Waals surface area (Å²) >= 11 is 1.29. The van der Waals surface area contributed by atoms with Gasteiger partial charge in [-0.05, 0) is 30.9 Å². The van der Waals surface area contributed by atoms with Crippen LogP contribution < -0.4 is 11.1 Å². The highest BCUT2D eigenvalue weighted by Gasteiger charge is 2.33. The van der Waals surface area contributed by atoms with Crippen molar-refractivity contribution in [1.82, 2.24) is 20.1 Å². The zero-order chi connectivity index (χ0) is 18.0. The van der Waals surface area contributed by atoms with Gasteiger partial charge in [0.05, 0.1) is 18.1 Å². The molecule has 134 valence electrons. The molecule has 25 heavy (non-hydrogen) atoms. The van der Waals surface area contributed by atoms with Crippen molar-refractivity contribution < 1.29 is 14.0 Å². The van der Waals surface area contributed by atoms with Crippen molar-refractivity contribution in [3.63, 3.8) is 0 Å². The van der Waals surface area contributed by atoms with E-state index >= 15 is 0 Å².